The second-order valence-corrected chi connectivity index (χ2v) is 9.16. The Hall–Kier alpha value is -2.38. The molecule has 148 valence electrons. The topological polar surface area (TPSA) is 92.7 Å². The van der Waals surface area contributed by atoms with Crippen LogP contribution >= 0.6 is 0 Å². The van der Waals surface area contributed by atoms with Crippen LogP contribution in [-0.2, 0) is 21.2 Å². The third-order valence-corrected chi connectivity index (χ3v) is 7.05. The molecule has 3 unspecified atom stereocenters. The Morgan fingerprint density at radius 2 is 1.89 bits per heavy atom. The monoisotopic (exact) mass is 401 g/mol. The SMILES string of the molecule is O=C(O)CCCc1cccc2c1OC1CC(NS(=O)(=O)c3ccccc3)CC21. The maximum atomic E-state index is 12.6. The van der Waals surface area contributed by atoms with Crippen LogP contribution in [0.3, 0.4) is 0 Å². The van der Waals surface area contributed by atoms with Crippen LogP contribution in [-0.4, -0.2) is 31.6 Å². The van der Waals surface area contributed by atoms with Crippen LogP contribution in [0.15, 0.2) is 53.4 Å². The van der Waals surface area contributed by atoms with Crippen molar-refractivity contribution in [1.29, 1.82) is 0 Å². The number of sulfonamides is 1. The summed E-state index contributed by atoms with van der Waals surface area (Å²) in [6.45, 7) is 0. The standard InChI is InChI=1S/C21H23NO5S/c23-20(24)11-5-7-14-6-4-10-17-18-12-15(13-19(18)27-21(14)17)22-28(25,26)16-8-2-1-3-9-16/h1-4,6,8-10,15,18-19,22H,5,7,11-13H2,(H,23,24). The normalized spacial score (nSPS) is 23.1. The quantitative estimate of drug-likeness (QED) is 0.744. The first-order valence-electron chi connectivity index (χ1n) is 9.51. The lowest BCUT2D eigenvalue weighted by Crippen LogP contribution is -2.33. The second kappa shape index (κ2) is 7.56. The van der Waals surface area contributed by atoms with Crippen molar-refractivity contribution < 1.29 is 23.1 Å². The maximum absolute atomic E-state index is 12.6. The average Bonchev–Trinajstić information content (AvgIpc) is 3.19. The number of fused-ring (bicyclic) bond motifs is 3. The average molecular weight is 401 g/mol. The first-order chi connectivity index (χ1) is 13.4. The van der Waals surface area contributed by atoms with Gasteiger partial charge < -0.3 is 9.84 Å². The summed E-state index contributed by atoms with van der Waals surface area (Å²) in [6, 6.07) is 14.2. The highest BCUT2D eigenvalue weighted by Gasteiger charge is 2.44. The van der Waals surface area contributed by atoms with Crippen LogP contribution in [0.5, 0.6) is 5.75 Å². The maximum Gasteiger partial charge on any atom is 0.303 e. The zero-order valence-electron chi connectivity index (χ0n) is 15.4. The number of hydrogen-bond acceptors (Lipinski definition) is 4. The van der Waals surface area contributed by atoms with Gasteiger partial charge >= 0.3 is 5.97 Å². The van der Waals surface area contributed by atoms with E-state index in [9.17, 15) is 13.2 Å². The number of hydrogen-bond donors (Lipinski definition) is 2. The zero-order chi connectivity index (χ0) is 19.7. The van der Waals surface area contributed by atoms with Gasteiger partial charge in [-0.2, -0.15) is 0 Å². The summed E-state index contributed by atoms with van der Waals surface area (Å²) >= 11 is 0. The van der Waals surface area contributed by atoms with Crippen molar-refractivity contribution in [3.63, 3.8) is 0 Å². The lowest BCUT2D eigenvalue weighted by molar-refractivity contribution is -0.137. The molecule has 1 fully saturated rings. The molecule has 0 saturated heterocycles. The van der Waals surface area contributed by atoms with Crippen molar-refractivity contribution in [2.24, 2.45) is 0 Å². The van der Waals surface area contributed by atoms with E-state index in [1.165, 1.54) is 0 Å². The number of aryl methyl sites for hydroxylation is 1. The van der Waals surface area contributed by atoms with Gasteiger partial charge in [-0.15, -0.1) is 0 Å². The number of rotatable bonds is 7. The number of para-hydroxylation sites is 1. The van der Waals surface area contributed by atoms with Gasteiger partial charge in [0.2, 0.25) is 10.0 Å². The molecule has 4 rings (SSSR count). The molecule has 0 amide bonds. The van der Waals surface area contributed by atoms with E-state index in [0.717, 1.165) is 16.9 Å². The summed E-state index contributed by atoms with van der Waals surface area (Å²) in [5.74, 6) is 0.240. The third kappa shape index (κ3) is 3.77. The summed E-state index contributed by atoms with van der Waals surface area (Å²) in [6.07, 6.45) is 2.66. The van der Waals surface area contributed by atoms with Gasteiger partial charge in [0.15, 0.2) is 0 Å². The molecule has 0 radical (unpaired) electrons. The molecular weight excluding hydrogens is 378 g/mol. The van der Waals surface area contributed by atoms with Crippen molar-refractivity contribution in [2.45, 2.75) is 55.1 Å². The Labute approximate surface area is 164 Å². The Morgan fingerprint density at radius 1 is 1.11 bits per heavy atom. The number of aliphatic carboxylic acids is 1. The predicted molar refractivity (Wildman–Crippen MR) is 104 cm³/mol. The Kier molecular flexibility index (Phi) is 5.12. The van der Waals surface area contributed by atoms with Crippen LogP contribution in [0.1, 0.15) is 42.7 Å². The molecule has 1 aliphatic heterocycles. The first kappa shape index (κ1) is 19.0. The number of nitrogens with one attached hydrogen (secondary N) is 1. The molecule has 2 aromatic carbocycles. The molecule has 1 heterocycles. The Bertz CT molecular complexity index is 974. The lowest BCUT2D eigenvalue weighted by atomic mass is 9.94. The van der Waals surface area contributed by atoms with Gasteiger partial charge in [0.1, 0.15) is 11.9 Å². The summed E-state index contributed by atoms with van der Waals surface area (Å²) in [7, 11) is -3.54. The van der Waals surface area contributed by atoms with Gasteiger partial charge in [-0.1, -0.05) is 36.4 Å². The van der Waals surface area contributed by atoms with E-state index in [-0.39, 0.29) is 29.4 Å². The fraction of sp³-hybridized carbons (Fsp3) is 0.381. The molecule has 2 aromatic rings. The van der Waals surface area contributed by atoms with Gasteiger partial charge in [0.25, 0.3) is 0 Å². The minimum Gasteiger partial charge on any atom is -0.489 e. The highest BCUT2D eigenvalue weighted by atomic mass is 32.2. The molecule has 1 saturated carbocycles. The van der Waals surface area contributed by atoms with Crippen molar-refractivity contribution >= 4 is 16.0 Å². The molecule has 7 heteroatoms. The van der Waals surface area contributed by atoms with Crippen molar-refractivity contribution in [3.8, 4) is 5.75 Å². The molecule has 28 heavy (non-hydrogen) atoms. The zero-order valence-corrected chi connectivity index (χ0v) is 16.2. The fourth-order valence-corrected chi connectivity index (χ4v) is 5.54. The minimum atomic E-state index is -3.54. The Balaban J connectivity index is 1.45. The van der Waals surface area contributed by atoms with Crippen molar-refractivity contribution in [2.75, 3.05) is 0 Å². The van der Waals surface area contributed by atoms with Gasteiger partial charge in [0.05, 0.1) is 4.90 Å². The predicted octanol–water partition coefficient (Wildman–Crippen LogP) is 3.08. The first-order valence-corrected chi connectivity index (χ1v) is 11.0. The minimum absolute atomic E-state index is 0.0425. The van der Waals surface area contributed by atoms with E-state index < -0.39 is 16.0 Å². The van der Waals surface area contributed by atoms with E-state index in [4.69, 9.17) is 9.84 Å². The molecule has 0 bridgehead atoms. The van der Waals surface area contributed by atoms with Crippen LogP contribution in [0.4, 0.5) is 0 Å². The molecule has 0 spiro atoms. The number of ether oxygens (including phenoxy) is 1. The summed E-state index contributed by atoms with van der Waals surface area (Å²) in [5, 5.41) is 8.83. The van der Waals surface area contributed by atoms with E-state index in [1.807, 2.05) is 18.2 Å². The second-order valence-electron chi connectivity index (χ2n) is 7.45. The summed E-state index contributed by atoms with van der Waals surface area (Å²) < 4.78 is 34.2. The van der Waals surface area contributed by atoms with Crippen LogP contribution < -0.4 is 9.46 Å². The molecule has 3 atom stereocenters. The van der Waals surface area contributed by atoms with Gasteiger partial charge in [-0.05, 0) is 37.0 Å². The number of carboxylic acid groups (broad SMARTS) is 1. The highest BCUT2D eigenvalue weighted by molar-refractivity contribution is 7.89. The van der Waals surface area contributed by atoms with Crippen molar-refractivity contribution in [3.05, 3.63) is 59.7 Å². The molecule has 1 aliphatic carbocycles. The van der Waals surface area contributed by atoms with Gasteiger partial charge in [0, 0.05) is 30.4 Å². The fourth-order valence-electron chi connectivity index (χ4n) is 4.26. The van der Waals surface area contributed by atoms with Crippen molar-refractivity contribution in [1.82, 2.24) is 4.72 Å². The van der Waals surface area contributed by atoms with Crippen LogP contribution in [0.2, 0.25) is 0 Å². The van der Waals surface area contributed by atoms with Crippen LogP contribution in [0.25, 0.3) is 0 Å². The summed E-state index contributed by atoms with van der Waals surface area (Å²) in [4.78, 5) is 11.0. The van der Waals surface area contributed by atoms with E-state index in [2.05, 4.69) is 4.72 Å². The number of carbonyl (C=O) groups is 1. The highest BCUT2D eigenvalue weighted by Crippen LogP contribution is 2.48. The number of carboxylic acids is 1. The smallest absolute Gasteiger partial charge is 0.303 e. The molecule has 0 aromatic heterocycles. The lowest BCUT2D eigenvalue weighted by Gasteiger charge is -2.16. The number of benzene rings is 2. The van der Waals surface area contributed by atoms with Gasteiger partial charge in [-0.3, -0.25) is 4.79 Å². The van der Waals surface area contributed by atoms with Gasteiger partial charge in [-0.25, -0.2) is 13.1 Å². The molecule has 2 aliphatic rings. The van der Waals surface area contributed by atoms with E-state index in [1.54, 1.807) is 30.3 Å². The molecule has 6 nitrogen and oxygen atoms in total. The van der Waals surface area contributed by atoms with E-state index >= 15 is 0 Å². The Morgan fingerprint density at radius 3 is 2.64 bits per heavy atom. The third-order valence-electron chi connectivity index (χ3n) is 5.51. The summed E-state index contributed by atoms with van der Waals surface area (Å²) in [5.41, 5.74) is 2.15. The van der Waals surface area contributed by atoms with E-state index in [0.29, 0.717) is 25.7 Å². The molecule has 2 N–H and O–H groups in total. The molecular formula is C21H23NO5S. The van der Waals surface area contributed by atoms with Crippen LogP contribution in [0, 0.1) is 0 Å². The largest absolute Gasteiger partial charge is 0.489 e.